The first-order valence-corrected chi connectivity index (χ1v) is 12.4. The van der Waals surface area contributed by atoms with Crippen molar-refractivity contribution in [3.8, 4) is 28.1 Å². The minimum atomic E-state index is -0.512. The molecule has 1 saturated heterocycles. The summed E-state index contributed by atoms with van der Waals surface area (Å²) in [5.74, 6) is -0.155. The third-order valence-corrected chi connectivity index (χ3v) is 6.74. The maximum Gasteiger partial charge on any atom is 0.410 e. The second-order valence-electron chi connectivity index (χ2n) is 9.84. The molecule has 0 unspecified atom stereocenters. The molecule has 0 radical (unpaired) electrons. The predicted octanol–water partition coefficient (Wildman–Crippen LogP) is 6.07. The first kappa shape index (κ1) is 24.4. The number of rotatable bonds is 3. The maximum atomic E-state index is 12.4. The van der Waals surface area contributed by atoms with Gasteiger partial charge in [0.1, 0.15) is 17.6 Å². The summed E-state index contributed by atoms with van der Waals surface area (Å²) in [6.07, 6.45) is 8.36. The molecule has 5 rings (SSSR count). The lowest BCUT2D eigenvalue weighted by atomic mass is 10.0. The molecule has 11 heteroatoms. The molecule has 3 aromatic heterocycles. The number of fused-ring (bicyclic) bond motifs is 1. The monoisotopic (exact) mass is 528 g/mol. The molecular weight excluding hydrogens is 503 g/mol. The summed E-state index contributed by atoms with van der Waals surface area (Å²) in [5.41, 5.74) is 3.24. The Balaban J connectivity index is 1.41. The number of ether oxygens (including phenoxy) is 1. The molecule has 1 amide bonds. The van der Waals surface area contributed by atoms with Crippen LogP contribution in [-0.4, -0.2) is 59.5 Å². The van der Waals surface area contributed by atoms with Crippen molar-refractivity contribution in [2.75, 3.05) is 13.1 Å². The second kappa shape index (κ2) is 9.29. The van der Waals surface area contributed by atoms with Crippen molar-refractivity contribution in [1.82, 2.24) is 29.6 Å². The van der Waals surface area contributed by atoms with E-state index in [1.165, 1.54) is 6.33 Å². The number of nitrogens with zero attached hydrogens (tertiary/aromatic N) is 5. The van der Waals surface area contributed by atoms with Crippen LogP contribution in [0, 0.1) is 0 Å². The highest BCUT2D eigenvalue weighted by atomic mass is 35.5. The van der Waals surface area contributed by atoms with E-state index in [4.69, 9.17) is 27.9 Å². The highest BCUT2D eigenvalue weighted by molar-refractivity contribution is 6.37. The zero-order chi connectivity index (χ0) is 25.6. The number of carbonyl (C=O) groups excluding carboxylic acids is 1. The number of phenols is 1. The summed E-state index contributed by atoms with van der Waals surface area (Å²) in [6, 6.07) is 3.48. The van der Waals surface area contributed by atoms with Crippen molar-refractivity contribution in [1.29, 1.82) is 0 Å². The van der Waals surface area contributed by atoms with Gasteiger partial charge in [0.25, 0.3) is 0 Å². The molecule has 36 heavy (non-hydrogen) atoms. The number of benzene rings is 1. The van der Waals surface area contributed by atoms with Gasteiger partial charge in [0, 0.05) is 36.6 Å². The fourth-order valence-corrected chi connectivity index (χ4v) is 4.92. The highest BCUT2D eigenvalue weighted by Crippen LogP contribution is 2.40. The van der Waals surface area contributed by atoms with E-state index in [2.05, 4.69) is 20.1 Å². The first-order chi connectivity index (χ1) is 17.1. The van der Waals surface area contributed by atoms with E-state index in [0.29, 0.717) is 24.4 Å². The van der Waals surface area contributed by atoms with Crippen LogP contribution in [0.15, 0.2) is 37.1 Å². The van der Waals surface area contributed by atoms with E-state index in [0.717, 1.165) is 34.9 Å². The number of aromatic nitrogens is 5. The Labute approximate surface area is 218 Å². The fraction of sp³-hybridized carbons (Fsp3) is 0.360. The summed E-state index contributed by atoms with van der Waals surface area (Å²) in [6.45, 7) is 6.82. The Hall–Kier alpha value is -3.30. The fourth-order valence-electron chi connectivity index (χ4n) is 4.43. The molecule has 1 fully saturated rings. The smallest absolute Gasteiger partial charge is 0.410 e. The van der Waals surface area contributed by atoms with Gasteiger partial charge in [-0.3, -0.25) is 4.68 Å². The van der Waals surface area contributed by atoms with Gasteiger partial charge >= 0.3 is 6.09 Å². The van der Waals surface area contributed by atoms with Crippen LogP contribution in [0.4, 0.5) is 4.79 Å². The van der Waals surface area contributed by atoms with Crippen molar-refractivity contribution in [2.24, 2.45) is 0 Å². The number of aromatic hydroxyl groups is 1. The van der Waals surface area contributed by atoms with Gasteiger partial charge in [0.15, 0.2) is 5.75 Å². The molecule has 0 saturated carbocycles. The average Bonchev–Trinajstić information content (AvgIpc) is 3.49. The van der Waals surface area contributed by atoms with E-state index in [1.54, 1.807) is 23.2 Å². The van der Waals surface area contributed by atoms with Gasteiger partial charge in [-0.15, -0.1) is 0 Å². The van der Waals surface area contributed by atoms with Crippen LogP contribution in [-0.2, 0) is 4.74 Å². The molecular formula is C25H26Cl2N6O3. The SMILES string of the molecule is CC(C)(C)OC(=O)N1CCC(n2cc(-c3ncnc4[nH]cc(-c5cc(Cl)c(O)c(Cl)c5)c34)cn2)CC1. The number of hydrogen-bond donors (Lipinski definition) is 2. The summed E-state index contributed by atoms with van der Waals surface area (Å²) in [5, 5.41) is 15.7. The van der Waals surface area contributed by atoms with Crippen LogP contribution >= 0.6 is 23.2 Å². The van der Waals surface area contributed by atoms with Crippen LogP contribution in [0.2, 0.25) is 10.0 Å². The Morgan fingerprint density at radius 3 is 2.50 bits per heavy atom. The van der Waals surface area contributed by atoms with Gasteiger partial charge in [0.05, 0.1) is 33.4 Å². The summed E-state index contributed by atoms with van der Waals surface area (Å²) < 4.78 is 7.44. The normalized spacial score (nSPS) is 15.0. The lowest BCUT2D eigenvalue weighted by Crippen LogP contribution is -2.42. The van der Waals surface area contributed by atoms with Gasteiger partial charge in [-0.1, -0.05) is 23.2 Å². The number of hydrogen-bond acceptors (Lipinski definition) is 6. The number of H-pyrrole nitrogens is 1. The van der Waals surface area contributed by atoms with Crippen molar-refractivity contribution >= 4 is 40.3 Å². The Kier molecular flexibility index (Phi) is 6.30. The minimum absolute atomic E-state index is 0.155. The number of carbonyl (C=O) groups is 1. The number of halogens is 2. The molecule has 1 aliphatic rings. The van der Waals surface area contributed by atoms with Gasteiger partial charge < -0.3 is 19.7 Å². The summed E-state index contributed by atoms with van der Waals surface area (Å²) >= 11 is 12.3. The van der Waals surface area contributed by atoms with Crippen LogP contribution in [0.25, 0.3) is 33.4 Å². The minimum Gasteiger partial charge on any atom is -0.505 e. The Bertz CT molecular complexity index is 1410. The van der Waals surface area contributed by atoms with Gasteiger partial charge in [-0.2, -0.15) is 5.10 Å². The summed E-state index contributed by atoms with van der Waals surface area (Å²) in [7, 11) is 0. The number of phenolic OH excluding ortho intramolecular Hbond substituents is 1. The lowest BCUT2D eigenvalue weighted by Gasteiger charge is -2.33. The lowest BCUT2D eigenvalue weighted by molar-refractivity contribution is 0.0185. The summed E-state index contributed by atoms with van der Waals surface area (Å²) in [4.78, 5) is 26.2. The molecule has 9 nitrogen and oxygen atoms in total. The number of aromatic amines is 1. The molecule has 4 aromatic rings. The zero-order valence-electron chi connectivity index (χ0n) is 20.1. The standard InChI is InChI=1S/C25H26Cl2N6O3/c1-25(2,3)36-24(35)32-6-4-16(5-7-32)33-12-15(10-31-33)21-20-17(11-28-23(20)30-13-29-21)14-8-18(26)22(34)19(27)9-14/h8-13,16,34H,4-7H2,1-3H3,(H,28,29,30). The molecule has 0 spiro atoms. The number of nitrogens with one attached hydrogen (secondary N) is 1. The van der Waals surface area contributed by atoms with Crippen LogP contribution < -0.4 is 0 Å². The molecule has 0 bridgehead atoms. The van der Waals surface area contributed by atoms with Crippen LogP contribution in [0.5, 0.6) is 5.75 Å². The Morgan fingerprint density at radius 2 is 1.83 bits per heavy atom. The van der Waals surface area contributed by atoms with E-state index in [-0.39, 0.29) is 27.9 Å². The molecule has 0 atom stereocenters. The quantitative estimate of drug-likeness (QED) is 0.333. The number of piperidine rings is 1. The molecule has 2 N–H and O–H groups in total. The average molecular weight is 529 g/mol. The molecule has 1 aliphatic heterocycles. The van der Waals surface area contributed by atoms with Crippen molar-refractivity contribution < 1.29 is 14.6 Å². The van der Waals surface area contributed by atoms with Crippen LogP contribution in [0.1, 0.15) is 39.7 Å². The van der Waals surface area contributed by atoms with E-state index in [1.807, 2.05) is 37.8 Å². The van der Waals surface area contributed by atoms with Gasteiger partial charge in [0.2, 0.25) is 0 Å². The van der Waals surface area contributed by atoms with E-state index < -0.39 is 5.60 Å². The van der Waals surface area contributed by atoms with Crippen molar-refractivity contribution in [3.05, 3.63) is 47.1 Å². The van der Waals surface area contributed by atoms with Gasteiger partial charge in [-0.05, 0) is 51.3 Å². The third-order valence-electron chi connectivity index (χ3n) is 6.16. The number of likely N-dealkylation sites (tertiary alicyclic amines) is 1. The predicted molar refractivity (Wildman–Crippen MR) is 138 cm³/mol. The highest BCUT2D eigenvalue weighted by Gasteiger charge is 2.28. The molecule has 188 valence electrons. The maximum absolute atomic E-state index is 12.4. The second-order valence-corrected chi connectivity index (χ2v) is 10.7. The molecule has 0 aliphatic carbocycles. The topological polar surface area (TPSA) is 109 Å². The first-order valence-electron chi connectivity index (χ1n) is 11.6. The molecule has 4 heterocycles. The van der Waals surface area contributed by atoms with E-state index >= 15 is 0 Å². The van der Waals surface area contributed by atoms with E-state index in [9.17, 15) is 9.90 Å². The third kappa shape index (κ3) is 4.73. The van der Waals surface area contributed by atoms with Crippen molar-refractivity contribution in [2.45, 2.75) is 45.3 Å². The number of amides is 1. The van der Waals surface area contributed by atoms with Crippen LogP contribution in [0.3, 0.4) is 0 Å². The van der Waals surface area contributed by atoms with Gasteiger partial charge in [-0.25, -0.2) is 14.8 Å². The zero-order valence-corrected chi connectivity index (χ0v) is 21.6. The van der Waals surface area contributed by atoms with Crippen molar-refractivity contribution in [3.63, 3.8) is 0 Å². The molecule has 1 aromatic carbocycles. The Morgan fingerprint density at radius 1 is 1.14 bits per heavy atom. The largest absolute Gasteiger partial charge is 0.505 e.